The van der Waals surface area contributed by atoms with Crippen molar-refractivity contribution in [1.29, 1.82) is 0 Å². The number of aromatic amines is 1. The summed E-state index contributed by atoms with van der Waals surface area (Å²) in [6, 6.07) is 0. The summed E-state index contributed by atoms with van der Waals surface area (Å²) in [5, 5.41) is 2.84. The van der Waals surface area contributed by atoms with Gasteiger partial charge in [0, 0.05) is 45.0 Å². The SMILES string of the molecule is CCN1CCN(CC(C)CNC(=O)c2nc(C)c(C)[nH]c2=O)CC1. The van der Waals surface area contributed by atoms with Crippen molar-refractivity contribution in [3.63, 3.8) is 0 Å². The first-order chi connectivity index (χ1) is 11.4. The van der Waals surface area contributed by atoms with Gasteiger partial charge in [-0.15, -0.1) is 0 Å². The van der Waals surface area contributed by atoms with Gasteiger partial charge in [0.25, 0.3) is 11.5 Å². The molecule has 24 heavy (non-hydrogen) atoms. The molecule has 7 heteroatoms. The summed E-state index contributed by atoms with van der Waals surface area (Å²) in [4.78, 5) is 35.7. The molecular weight excluding hydrogens is 306 g/mol. The second-order valence-corrected chi connectivity index (χ2v) is 6.68. The van der Waals surface area contributed by atoms with Gasteiger partial charge in [-0.05, 0) is 26.3 Å². The van der Waals surface area contributed by atoms with Gasteiger partial charge in [0.1, 0.15) is 0 Å². The topological polar surface area (TPSA) is 81.3 Å². The predicted octanol–water partition coefficient (Wildman–Crippen LogP) is 0.390. The first-order valence-electron chi connectivity index (χ1n) is 8.71. The van der Waals surface area contributed by atoms with Crippen LogP contribution in [0.25, 0.3) is 0 Å². The molecule has 2 N–H and O–H groups in total. The van der Waals surface area contributed by atoms with Crippen molar-refractivity contribution in [2.24, 2.45) is 5.92 Å². The van der Waals surface area contributed by atoms with Gasteiger partial charge in [0.05, 0.1) is 5.69 Å². The average molecular weight is 335 g/mol. The fourth-order valence-electron chi connectivity index (χ4n) is 2.92. The highest BCUT2D eigenvalue weighted by molar-refractivity contribution is 5.91. The quantitative estimate of drug-likeness (QED) is 0.786. The monoisotopic (exact) mass is 335 g/mol. The van der Waals surface area contributed by atoms with E-state index in [1.165, 1.54) is 0 Å². The van der Waals surface area contributed by atoms with Crippen LogP contribution in [0.15, 0.2) is 4.79 Å². The molecule has 1 unspecified atom stereocenters. The first-order valence-corrected chi connectivity index (χ1v) is 8.71. The molecule has 0 aliphatic carbocycles. The van der Waals surface area contributed by atoms with E-state index in [0.717, 1.165) is 39.3 Å². The van der Waals surface area contributed by atoms with E-state index in [9.17, 15) is 9.59 Å². The number of carbonyl (C=O) groups excluding carboxylic acids is 1. The number of nitrogens with one attached hydrogen (secondary N) is 2. The number of aromatic nitrogens is 2. The molecule has 1 fully saturated rings. The summed E-state index contributed by atoms with van der Waals surface area (Å²) in [5.41, 5.74) is 0.874. The van der Waals surface area contributed by atoms with Crippen molar-refractivity contribution < 1.29 is 4.79 Å². The molecule has 2 heterocycles. The number of nitrogens with zero attached hydrogens (tertiary/aromatic N) is 3. The molecular formula is C17H29N5O2. The van der Waals surface area contributed by atoms with Crippen LogP contribution in [0.1, 0.15) is 35.7 Å². The zero-order valence-corrected chi connectivity index (χ0v) is 15.2. The Kier molecular flexibility index (Phi) is 6.51. The van der Waals surface area contributed by atoms with Crippen LogP contribution in [0.5, 0.6) is 0 Å². The Hall–Kier alpha value is -1.73. The van der Waals surface area contributed by atoms with Crippen molar-refractivity contribution in [3.05, 3.63) is 27.4 Å². The minimum absolute atomic E-state index is 0.0538. The molecule has 1 amide bonds. The Balaban J connectivity index is 1.81. The van der Waals surface area contributed by atoms with Gasteiger partial charge in [-0.3, -0.25) is 9.59 Å². The summed E-state index contributed by atoms with van der Waals surface area (Å²) >= 11 is 0. The lowest BCUT2D eigenvalue weighted by molar-refractivity contribution is 0.0927. The summed E-state index contributed by atoms with van der Waals surface area (Å²) in [6.45, 7) is 14.8. The van der Waals surface area contributed by atoms with Gasteiger partial charge in [0.2, 0.25) is 0 Å². The molecule has 0 saturated carbocycles. The molecule has 0 radical (unpaired) electrons. The Morgan fingerprint density at radius 1 is 1.25 bits per heavy atom. The Morgan fingerprint density at radius 3 is 2.50 bits per heavy atom. The molecule has 1 aromatic heterocycles. The van der Waals surface area contributed by atoms with E-state index < -0.39 is 11.5 Å². The number of rotatable bonds is 6. The van der Waals surface area contributed by atoms with Gasteiger partial charge in [-0.25, -0.2) is 4.98 Å². The Bertz CT molecular complexity index is 620. The van der Waals surface area contributed by atoms with Crippen LogP contribution in [0.2, 0.25) is 0 Å². The van der Waals surface area contributed by atoms with Crippen LogP contribution in [-0.4, -0.2) is 71.5 Å². The summed E-state index contributed by atoms with van der Waals surface area (Å²) in [5.74, 6) is -0.0743. The number of piperazine rings is 1. The lowest BCUT2D eigenvalue weighted by Crippen LogP contribution is -2.48. The van der Waals surface area contributed by atoms with Gasteiger partial charge in [-0.1, -0.05) is 13.8 Å². The van der Waals surface area contributed by atoms with Gasteiger partial charge >= 0.3 is 0 Å². The number of aryl methyl sites for hydroxylation is 2. The first kappa shape index (κ1) is 18.6. The number of likely N-dealkylation sites (N-methyl/N-ethyl adjacent to an activating group) is 1. The standard InChI is InChI=1S/C17H29N5O2/c1-5-21-6-8-22(9-7-21)11-12(2)10-18-16(23)15-17(24)20-14(4)13(3)19-15/h12H,5-11H2,1-4H3,(H,18,23)(H,20,24). The number of carbonyl (C=O) groups is 1. The zero-order valence-electron chi connectivity index (χ0n) is 15.2. The molecule has 1 saturated heterocycles. The molecule has 0 aromatic carbocycles. The maximum Gasteiger partial charge on any atom is 0.279 e. The van der Waals surface area contributed by atoms with Gasteiger partial charge in [0.15, 0.2) is 5.69 Å². The fraction of sp³-hybridized carbons (Fsp3) is 0.706. The highest BCUT2D eigenvalue weighted by atomic mass is 16.2. The fourth-order valence-corrected chi connectivity index (χ4v) is 2.92. The lowest BCUT2D eigenvalue weighted by atomic mass is 10.1. The van der Waals surface area contributed by atoms with Crippen molar-refractivity contribution in [1.82, 2.24) is 25.1 Å². The van der Waals surface area contributed by atoms with E-state index in [1.807, 2.05) is 0 Å². The highest BCUT2D eigenvalue weighted by Crippen LogP contribution is 2.05. The lowest BCUT2D eigenvalue weighted by Gasteiger charge is -2.35. The normalized spacial score (nSPS) is 17.7. The van der Waals surface area contributed by atoms with Crippen LogP contribution >= 0.6 is 0 Å². The molecule has 134 valence electrons. The van der Waals surface area contributed by atoms with E-state index in [-0.39, 0.29) is 5.69 Å². The zero-order chi connectivity index (χ0) is 17.7. The molecule has 2 rings (SSSR count). The van der Waals surface area contributed by atoms with Crippen LogP contribution in [-0.2, 0) is 0 Å². The number of hydrogen-bond donors (Lipinski definition) is 2. The van der Waals surface area contributed by atoms with E-state index in [0.29, 0.717) is 23.9 Å². The van der Waals surface area contributed by atoms with Crippen LogP contribution in [0.3, 0.4) is 0 Å². The highest BCUT2D eigenvalue weighted by Gasteiger charge is 2.19. The molecule has 1 atom stereocenters. The van der Waals surface area contributed by atoms with Crippen LogP contribution in [0, 0.1) is 19.8 Å². The number of H-pyrrole nitrogens is 1. The minimum atomic E-state index is -0.432. The second kappa shape index (κ2) is 8.39. The molecule has 0 bridgehead atoms. The van der Waals surface area contributed by atoms with E-state index in [2.05, 4.69) is 38.9 Å². The third-order valence-corrected chi connectivity index (χ3v) is 4.65. The molecule has 1 aromatic rings. The van der Waals surface area contributed by atoms with Gasteiger partial charge < -0.3 is 20.1 Å². The largest absolute Gasteiger partial charge is 0.350 e. The van der Waals surface area contributed by atoms with E-state index in [1.54, 1.807) is 13.8 Å². The average Bonchev–Trinajstić information content (AvgIpc) is 2.56. The third-order valence-electron chi connectivity index (χ3n) is 4.65. The number of amides is 1. The maximum absolute atomic E-state index is 12.2. The van der Waals surface area contributed by atoms with E-state index in [4.69, 9.17) is 0 Å². The van der Waals surface area contributed by atoms with Gasteiger partial charge in [-0.2, -0.15) is 0 Å². The predicted molar refractivity (Wildman–Crippen MR) is 94.4 cm³/mol. The molecule has 1 aliphatic rings. The van der Waals surface area contributed by atoms with Crippen molar-refractivity contribution in [2.45, 2.75) is 27.7 Å². The smallest absolute Gasteiger partial charge is 0.279 e. The van der Waals surface area contributed by atoms with Crippen molar-refractivity contribution >= 4 is 5.91 Å². The Morgan fingerprint density at radius 2 is 1.88 bits per heavy atom. The molecule has 0 spiro atoms. The van der Waals surface area contributed by atoms with Crippen molar-refractivity contribution in [2.75, 3.05) is 45.8 Å². The summed E-state index contributed by atoms with van der Waals surface area (Å²) in [6.07, 6.45) is 0. The third kappa shape index (κ3) is 4.88. The molecule has 7 nitrogen and oxygen atoms in total. The summed E-state index contributed by atoms with van der Waals surface area (Å²) in [7, 11) is 0. The second-order valence-electron chi connectivity index (χ2n) is 6.68. The Labute approximate surface area is 143 Å². The van der Waals surface area contributed by atoms with Crippen molar-refractivity contribution in [3.8, 4) is 0 Å². The number of hydrogen-bond acceptors (Lipinski definition) is 5. The van der Waals surface area contributed by atoms with Crippen LogP contribution < -0.4 is 10.9 Å². The minimum Gasteiger partial charge on any atom is -0.350 e. The maximum atomic E-state index is 12.2. The molecule has 1 aliphatic heterocycles. The van der Waals surface area contributed by atoms with Crippen LogP contribution in [0.4, 0.5) is 0 Å². The van der Waals surface area contributed by atoms with E-state index >= 15 is 0 Å². The summed E-state index contributed by atoms with van der Waals surface area (Å²) < 4.78 is 0.